The minimum Gasteiger partial charge on any atom is -0.379 e. The van der Waals surface area contributed by atoms with Crippen molar-refractivity contribution in [1.82, 2.24) is 9.78 Å². The van der Waals surface area contributed by atoms with E-state index in [-0.39, 0.29) is 5.02 Å². The van der Waals surface area contributed by atoms with Crippen LogP contribution >= 0.6 is 11.6 Å². The molecule has 0 aliphatic carbocycles. The number of alkyl halides is 3. The number of hydrogen-bond donors (Lipinski definition) is 1. The van der Waals surface area contributed by atoms with Crippen LogP contribution in [-0.2, 0) is 6.54 Å². The van der Waals surface area contributed by atoms with E-state index in [2.05, 4.69) is 5.10 Å². The lowest BCUT2D eigenvalue weighted by Crippen LogP contribution is -2.45. The topological polar surface area (TPSA) is 38.0 Å². The van der Waals surface area contributed by atoms with Crippen molar-refractivity contribution in [2.24, 2.45) is 0 Å². The molecule has 0 amide bonds. The maximum absolute atomic E-state index is 12.2. The van der Waals surface area contributed by atoms with Crippen LogP contribution < -0.4 is 0 Å². The molecule has 0 aromatic carbocycles. The third-order valence-electron chi connectivity index (χ3n) is 1.68. The van der Waals surface area contributed by atoms with E-state index < -0.39 is 18.3 Å². The molecule has 1 heterocycles. The summed E-state index contributed by atoms with van der Waals surface area (Å²) in [6.07, 6.45) is -2.28. The molecule has 0 radical (unpaired) electrons. The molecule has 1 rings (SSSR count). The van der Waals surface area contributed by atoms with Crippen LogP contribution in [0.15, 0.2) is 12.4 Å². The number of halogens is 4. The fourth-order valence-electron chi connectivity index (χ4n) is 0.830. The molecule has 1 aromatic rings. The molecule has 7 heteroatoms. The van der Waals surface area contributed by atoms with Gasteiger partial charge in [0.05, 0.1) is 17.8 Å². The van der Waals surface area contributed by atoms with E-state index in [0.717, 1.165) is 4.68 Å². The fourth-order valence-corrected chi connectivity index (χ4v) is 0.986. The zero-order chi connectivity index (χ0) is 11.0. The molecular weight excluding hydrogens is 221 g/mol. The van der Waals surface area contributed by atoms with Gasteiger partial charge in [0.15, 0.2) is 5.60 Å². The summed E-state index contributed by atoms with van der Waals surface area (Å²) < 4.78 is 37.5. The van der Waals surface area contributed by atoms with Crippen molar-refractivity contribution in [2.75, 3.05) is 0 Å². The van der Waals surface area contributed by atoms with Gasteiger partial charge in [0.2, 0.25) is 0 Å². The highest BCUT2D eigenvalue weighted by Gasteiger charge is 2.50. The lowest BCUT2D eigenvalue weighted by Gasteiger charge is -2.25. The molecule has 0 unspecified atom stereocenters. The van der Waals surface area contributed by atoms with Crippen molar-refractivity contribution in [3.8, 4) is 0 Å². The number of aliphatic hydroxyl groups is 1. The van der Waals surface area contributed by atoms with Gasteiger partial charge in [0.1, 0.15) is 0 Å². The fraction of sp³-hybridized carbons (Fsp3) is 0.571. The molecule has 0 saturated heterocycles. The number of rotatable bonds is 2. The molecule has 1 N–H and O–H groups in total. The van der Waals surface area contributed by atoms with Gasteiger partial charge >= 0.3 is 6.18 Å². The highest BCUT2D eigenvalue weighted by Crippen LogP contribution is 2.31. The first-order valence-electron chi connectivity index (χ1n) is 3.69. The van der Waals surface area contributed by atoms with E-state index in [4.69, 9.17) is 16.7 Å². The first kappa shape index (κ1) is 11.3. The van der Waals surface area contributed by atoms with Gasteiger partial charge in [0, 0.05) is 6.20 Å². The average Bonchev–Trinajstić information content (AvgIpc) is 2.31. The standard InChI is InChI=1S/C7H8ClF3N2O/c1-6(14,7(9,10)11)4-13-3-5(8)2-12-13/h2-3,14H,4H2,1H3/t6-/m1/s1. The molecule has 0 fully saturated rings. The normalized spacial score (nSPS) is 16.7. The Balaban J connectivity index is 2.78. The minimum absolute atomic E-state index is 0.225. The smallest absolute Gasteiger partial charge is 0.379 e. The Kier molecular flexibility index (Phi) is 2.78. The molecule has 1 aromatic heterocycles. The molecule has 0 spiro atoms. The van der Waals surface area contributed by atoms with Gasteiger partial charge in [-0.25, -0.2) is 0 Å². The van der Waals surface area contributed by atoms with Gasteiger partial charge in [-0.05, 0) is 6.92 Å². The molecule has 1 atom stereocenters. The maximum Gasteiger partial charge on any atom is 0.418 e. The first-order chi connectivity index (χ1) is 6.22. The predicted molar refractivity (Wildman–Crippen MR) is 43.9 cm³/mol. The molecule has 14 heavy (non-hydrogen) atoms. The Morgan fingerprint density at radius 2 is 2.14 bits per heavy atom. The third kappa shape index (κ3) is 2.39. The van der Waals surface area contributed by atoms with E-state index in [1.807, 2.05) is 0 Å². The average molecular weight is 229 g/mol. The van der Waals surface area contributed by atoms with Crippen LogP contribution in [0.3, 0.4) is 0 Å². The minimum atomic E-state index is -4.69. The van der Waals surface area contributed by atoms with Crippen molar-refractivity contribution < 1.29 is 18.3 Å². The van der Waals surface area contributed by atoms with Crippen LogP contribution in [0, 0.1) is 0 Å². The second kappa shape index (κ2) is 3.43. The summed E-state index contributed by atoms with van der Waals surface area (Å²) >= 11 is 5.46. The summed E-state index contributed by atoms with van der Waals surface area (Å²) in [6, 6.07) is 0. The highest BCUT2D eigenvalue weighted by molar-refractivity contribution is 6.30. The Bertz CT molecular complexity index is 321. The van der Waals surface area contributed by atoms with Crippen molar-refractivity contribution in [2.45, 2.75) is 25.2 Å². The lowest BCUT2D eigenvalue weighted by atomic mass is 10.1. The van der Waals surface area contributed by atoms with Gasteiger partial charge in [0.25, 0.3) is 0 Å². The van der Waals surface area contributed by atoms with E-state index in [9.17, 15) is 13.2 Å². The molecular formula is C7H8ClF3N2O. The van der Waals surface area contributed by atoms with Gasteiger partial charge < -0.3 is 5.11 Å². The Hall–Kier alpha value is -0.750. The number of hydrogen-bond acceptors (Lipinski definition) is 2. The van der Waals surface area contributed by atoms with Crippen molar-refractivity contribution in [1.29, 1.82) is 0 Å². The summed E-state index contributed by atoms with van der Waals surface area (Å²) in [5.74, 6) is 0. The van der Waals surface area contributed by atoms with Gasteiger partial charge in [-0.2, -0.15) is 18.3 Å². The van der Waals surface area contributed by atoms with Gasteiger partial charge in [-0.3, -0.25) is 4.68 Å². The van der Waals surface area contributed by atoms with E-state index in [1.54, 1.807) is 0 Å². The first-order valence-corrected chi connectivity index (χ1v) is 4.07. The van der Waals surface area contributed by atoms with Crippen LogP contribution in [0.2, 0.25) is 5.02 Å². The zero-order valence-corrected chi connectivity index (χ0v) is 7.97. The summed E-state index contributed by atoms with van der Waals surface area (Å²) in [5.41, 5.74) is -2.80. The largest absolute Gasteiger partial charge is 0.418 e. The third-order valence-corrected chi connectivity index (χ3v) is 1.88. The Morgan fingerprint density at radius 3 is 2.50 bits per heavy atom. The van der Waals surface area contributed by atoms with E-state index >= 15 is 0 Å². The summed E-state index contributed by atoms with van der Waals surface area (Å²) in [6.45, 7) is 0.00576. The van der Waals surface area contributed by atoms with Crippen molar-refractivity contribution in [3.63, 3.8) is 0 Å². The van der Waals surface area contributed by atoms with Gasteiger partial charge in [-0.1, -0.05) is 11.6 Å². The summed E-state index contributed by atoms with van der Waals surface area (Å²) in [7, 11) is 0. The molecule has 3 nitrogen and oxygen atoms in total. The predicted octanol–water partition coefficient (Wildman–Crippen LogP) is 1.85. The molecule has 0 aliphatic rings. The second-order valence-corrected chi connectivity index (χ2v) is 3.56. The lowest BCUT2D eigenvalue weighted by molar-refractivity contribution is -0.258. The summed E-state index contributed by atoms with van der Waals surface area (Å²) in [4.78, 5) is 0. The maximum atomic E-state index is 12.2. The SMILES string of the molecule is C[C@@](O)(Cn1cc(Cl)cn1)C(F)(F)F. The molecule has 0 aliphatic heterocycles. The zero-order valence-electron chi connectivity index (χ0n) is 7.22. The van der Waals surface area contributed by atoms with E-state index in [0.29, 0.717) is 6.92 Å². The highest BCUT2D eigenvalue weighted by atomic mass is 35.5. The van der Waals surface area contributed by atoms with Crippen LogP contribution in [-0.4, -0.2) is 26.7 Å². The van der Waals surface area contributed by atoms with Crippen LogP contribution in [0.25, 0.3) is 0 Å². The molecule has 0 saturated carbocycles. The van der Waals surface area contributed by atoms with Gasteiger partial charge in [-0.15, -0.1) is 0 Å². The Labute approximate surface area is 83.1 Å². The molecule has 0 bridgehead atoms. The number of aromatic nitrogens is 2. The summed E-state index contributed by atoms with van der Waals surface area (Å²) in [5, 5.41) is 12.8. The van der Waals surface area contributed by atoms with Crippen LogP contribution in [0.4, 0.5) is 13.2 Å². The monoisotopic (exact) mass is 228 g/mol. The quantitative estimate of drug-likeness (QED) is 0.839. The second-order valence-electron chi connectivity index (χ2n) is 3.13. The van der Waals surface area contributed by atoms with E-state index in [1.165, 1.54) is 12.4 Å². The Morgan fingerprint density at radius 1 is 1.57 bits per heavy atom. The number of nitrogens with zero attached hydrogens (tertiary/aromatic N) is 2. The molecule has 80 valence electrons. The van der Waals surface area contributed by atoms with Crippen LogP contribution in [0.1, 0.15) is 6.92 Å². The van der Waals surface area contributed by atoms with Crippen molar-refractivity contribution in [3.05, 3.63) is 17.4 Å². The van der Waals surface area contributed by atoms with Crippen molar-refractivity contribution >= 4 is 11.6 Å². The van der Waals surface area contributed by atoms with Crippen LogP contribution in [0.5, 0.6) is 0 Å².